The van der Waals surface area contributed by atoms with Crippen molar-refractivity contribution in [1.82, 2.24) is 5.48 Å². The van der Waals surface area contributed by atoms with Gasteiger partial charge in [0.2, 0.25) is 0 Å². The van der Waals surface area contributed by atoms with Crippen LogP contribution < -0.4 is 10.2 Å². The average Bonchev–Trinajstić information content (AvgIpc) is 2.27. The van der Waals surface area contributed by atoms with Crippen molar-refractivity contribution in [3.63, 3.8) is 0 Å². The maximum atomic E-state index is 11.3. The largest absolute Gasteiger partial charge is 0.493 e. The van der Waals surface area contributed by atoms with Crippen LogP contribution in [0, 0.1) is 0 Å². The predicted octanol–water partition coefficient (Wildman–Crippen LogP) is 1.06. The lowest BCUT2D eigenvalue weighted by Gasteiger charge is -2.23. The molecule has 0 aromatic heterocycles. The van der Waals surface area contributed by atoms with Crippen LogP contribution in [0.1, 0.15) is 17.9 Å². The van der Waals surface area contributed by atoms with Gasteiger partial charge in [0, 0.05) is 5.56 Å². The molecule has 4 heteroatoms. The SMILES string of the molecule is O=C(NO)C1CCOc2ccccc21. The zero-order valence-electron chi connectivity index (χ0n) is 7.56. The minimum absolute atomic E-state index is 0.301. The summed E-state index contributed by atoms with van der Waals surface area (Å²) in [4.78, 5) is 11.3. The zero-order valence-corrected chi connectivity index (χ0v) is 7.56. The molecule has 0 radical (unpaired) electrons. The van der Waals surface area contributed by atoms with Crippen LogP contribution >= 0.6 is 0 Å². The molecule has 1 atom stereocenters. The molecule has 0 bridgehead atoms. The van der Waals surface area contributed by atoms with E-state index in [9.17, 15) is 4.79 Å². The molecule has 0 fully saturated rings. The number of benzene rings is 1. The molecule has 4 nitrogen and oxygen atoms in total. The third-order valence-corrected chi connectivity index (χ3v) is 2.39. The number of nitrogens with one attached hydrogen (secondary N) is 1. The van der Waals surface area contributed by atoms with E-state index in [0.717, 1.165) is 11.3 Å². The standard InChI is InChI=1S/C10H11NO3/c12-10(11-13)8-5-6-14-9-4-2-1-3-7(8)9/h1-4,8,13H,5-6H2,(H,11,12). The molecule has 1 amide bonds. The van der Waals surface area contributed by atoms with Crippen molar-refractivity contribution in [3.05, 3.63) is 29.8 Å². The molecule has 2 rings (SSSR count). The van der Waals surface area contributed by atoms with Gasteiger partial charge in [-0.05, 0) is 12.5 Å². The van der Waals surface area contributed by atoms with Gasteiger partial charge in [0.15, 0.2) is 0 Å². The minimum atomic E-state index is -0.374. The minimum Gasteiger partial charge on any atom is -0.493 e. The lowest BCUT2D eigenvalue weighted by molar-refractivity contribution is -0.131. The number of hydroxylamine groups is 1. The molecule has 0 saturated carbocycles. The first-order valence-electron chi connectivity index (χ1n) is 4.48. The number of hydrogen-bond donors (Lipinski definition) is 2. The molecular weight excluding hydrogens is 182 g/mol. The molecule has 0 spiro atoms. The van der Waals surface area contributed by atoms with Gasteiger partial charge in [-0.2, -0.15) is 0 Å². The lowest BCUT2D eigenvalue weighted by atomic mass is 9.93. The zero-order chi connectivity index (χ0) is 9.97. The second-order valence-corrected chi connectivity index (χ2v) is 3.20. The monoisotopic (exact) mass is 193 g/mol. The van der Waals surface area contributed by atoms with Crippen LogP contribution in [0.15, 0.2) is 24.3 Å². The second kappa shape index (κ2) is 3.67. The number of rotatable bonds is 1. The summed E-state index contributed by atoms with van der Waals surface area (Å²) in [5, 5.41) is 8.57. The van der Waals surface area contributed by atoms with Gasteiger partial charge in [0.05, 0.1) is 12.5 Å². The number of fused-ring (bicyclic) bond motifs is 1. The van der Waals surface area contributed by atoms with Crippen LogP contribution in [0.25, 0.3) is 0 Å². The summed E-state index contributed by atoms with van der Waals surface area (Å²) in [7, 11) is 0. The van der Waals surface area contributed by atoms with E-state index in [-0.39, 0.29) is 11.8 Å². The van der Waals surface area contributed by atoms with Crippen molar-refractivity contribution in [2.75, 3.05) is 6.61 Å². The van der Waals surface area contributed by atoms with Crippen LogP contribution in [-0.2, 0) is 4.79 Å². The molecule has 1 aliphatic rings. The first-order valence-corrected chi connectivity index (χ1v) is 4.48. The fourth-order valence-corrected chi connectivity index (χ4v) is 1.69. The third kappa shape index (κ3) is 1.44. The molecule has 1 heterocycles. The Bertz CT molecular complexity index is 351. The summed E-state index contributed by atoms with van der Waals surface area (Å²) in [6.07, 6.45) is 0.601. The highest BCUT2D eigenvalue weighted by molar-refractivity contribution is 5.83. The van der Waals surface area contributed by atoms with Crippen molar-refractivity contribution in [2.45, 2.75) is 12.3 Å². The van der Waals surface area contributed by atoms with Gasteiger partial charge >= 0.3 is 0 Å². The summed E-state index contributed by atoms with van der Waals surface area (Å²) >= 11 is 0. The maximum absolute atomic E-state index is 11.3. The Morgan fingerprint density at radius 1 is 1.50 bits per heavy atom. The fraction of sp³-hybridized carbons (Fsp3) is 0.300. The number of para-hydroxylation sites is 1. The Morgan fingerprint density at radius 3 is 3.07 bits per heavy atom. The molecule has 74 valence electrons. The fourth-order valence-electron chi connectivity index (χ4n) is 1.69. The number of ether oxygens (including phenoxy) is 1. The van der Waals surface area contributed by atoms with Crippen LogP contribution in [0.2, 0.25) is 0 Å². The molecule has 0 aliphatic carbocycles. The Kier molecular flexibility index (Phi) is 2.37. The number of hydrogen-bond acceptors (Lipinski definition) is 3. The third-order valence-electron chi connectivity index (χ3n) is 2.39. The maximum Gasteiger partial charge on any atom is 0.251 e. The Labute approximate surface area is 81.5 Å². The van der Waals surface area contributed by atoms with E-state index >= 15 is 0 Å². The predicted molar refractivity (Wildman–Crippen MR) is 49.2 cm³/mol. The van der Waals surface area contributed by atoms with E-state index < -0.39 is 0 Å². The van der Waals surface area contributed by atoms with Crippen LogP contribution in [0.3, 0.4) is 0 Å². The summed E-state index contributed by atoms with van der Waals surface area (Å²) in [5.74, 6) is 0.0538. The molecule has 14 heavy (non-hydrogen) atoms. The van der Waals surface area contributed by atoms with E-state index in [1.807, 2.05) is 24.3 Å². The van der Waals surface area contributed by atoms with Crippen molar-refractivity contribution in [3.8, 4) is 5.75 Å². The van der Waals surface area contributed by atoms with Crippen LogP contribution in [0.4, 0.5) is 0 Å². The first kappa shape index (κ1) is 9.02. The normalized spacial score (nSPS) is 19.4. The molecule has 1 aromatic rings. The molecular formula is C10H11NO3. The Morgan fingerprint density at radius 2 is 2.29 bits per heavy atom. The highest BCUT2D eigenvalue weighted by atomic mass is 16.5. The van der Waals surface area contributed by atoms with Gasteiger partial charge in [-0.1, -0.05) is 18.2 Å². The summed E-state index contributed by atoms with van der Waals surface area (Å²) < 4.78 is 5.39. The van der Waals surface area contributed by atoms with Gasteiger partial charge in [0.1, 0.15) is 5.75 Å². The summed E-state index contributed by atoms with van der Waals surface area (Å²) in [6, 6.07) is 7.38. The van der Waals surface area contributed by atoms with Gasteiger partial charge in [0.25, 0.3) is 5.91 Å². The number of carbonyl (C=O) groups is 1. The topological polar surface area (TPSA) is 58.6 Å². The van der Waals surface area contributed by atoms with Gasteiger partial charge in [-0.15, -0.1) is 0 Å². The van der Waals surface area contributed by atoms with Crippen molar-refractivity contribution < 1.29 is 14.7 Å². The number of carbonyl (C=O) groups excluding carboxylic acids is 1. The lowest BCUT2D eigenvalue weighted by Crippen LogP contribution is -2.30. The van der Waals surface area contributed by atoms with Crippen molar-refractivity contribution in [1.29, 1.82) is 0 Å². The van der Waals surface area contributed by atoms with Gasteiger partial charge in [-0.25, -0.2) is 5.48 Å². The second-order valence-electron chi connectivity index (χ2n) is 3.20. The van der Waals surface area contributed by atoms with Gasteiger partial charge in [-0.3, -0.25) is 10.0 Å². The van der Waals surface area contributed by atoms with Crippen LogP contribution in [-0.4, -0.2) is 17.7 Å². The smallest absolute Gasteiger partial charge is 0.251 e. The van der Waals surface area contributed by atoms with E-state index in [0.29, 0.717) is 13.0 Å². The number of amides is 1. The Hall–Kier alpha value is -1.55. The average molecular weight is 193 g/mol. The van der Waals surface area contributed by atoms with Crippen molar-refractivity contribution in [2.24, 2.45) is 0 Å². The molecule has 1 aliphatic heterocycles. The van der Waals surface area contributed by atoms with Crippen LogP contribution in [0.5, 0.6) is 5.75 Å². The van der Waals surface area contributed by atoms with Crippen molar-refractivity contribution >= 4 is 5.91 Å². The first-order chi connectivity index (χ1) is 6.83. The van der Waals surface area contributed by atoms with E-state index in [1.54, 1.807) is 5.48 Å². The molecule has 0 saturated heterocycles. The summed E-state index contributed by atoms with van der Waals surface area (Å²) in [6.45, 7) is 0.509. The highest BCUT2D eigenvalue weighted by Gasteiger charge is 2.26. The van der Waals surface area contributed by atoms with E-state index in [1.165, 1.54) is 0 Å². The molecule has 1 unspecified atom stereocenters. The molecule has 1 aromatic carbocycles. The quantitative estimate of drug-likeness (QED) is 0.518. The highest BCUT2D eigenvalue weighted by Crippen LogP contribution is 2.33. The van der Waals surface area contributed by atoms with E-state index in [4.69, 9.17) is 9.94 Å². The van der Waals surface area contributed by atoms with Gasteiger partial charge < -0.3 is 4.74 Å². The Balaban J connectivity index is 2.35. The summed E-state index contributed by atoms with van der Waals surface area (Å²) in [5.41, 5.74) is 2.52. The molecule has 2 N–H and O–H groups in total. The van der Waals surface area contributed by atoms with E-state index in [2.05, 4.69) is 0 Å².